The van der Waals surface area contributed by atoms with Crippen LogP contribution in [0.3, 0.4) is 0 Å². The summed E-state index contributed by atoms with van der Waals surface area (Å²) in [4.78, 5) is 2.46. The topological polar surface area (TPSA) is 49.9 Å². The molecule has 0 aromatic heterocycles. The molecule has 3 heterocycles. The predicted octanol–water partition coefficient (Wildman–Crippen LogP) is 4.94. The largest absolute Gasteiger partial charge is 0.357 e. The molecule has 3 atom stereocenters. The highest BCUT2D eigenvalue weighted by atomic mass is 32.2. The molecule has 6 rings (SSSR count). The van der Waals surface area contributed by atoms with Crippen molar-refractivity contribution in [1.82, 2.24) is 0 Å². The van der Waals surface area contributed by atoms with Crippen LogP contribution in [0.5, 0.6) is 0 Å². The second-order valence-electron chi connectivity index (χ2n) is 9.21. The molecule has 0 spiro atoms. The van der Waals surface area contributed by atoms with Crippen molar-refractivity contribution in [3.05, 3.63) is 102 Å². The van der Waals surface area contributed by atoms with Crippen LogP contribution in [0, 0.1) is 6.92 Å². The van der Waals surface area contributed by atoms with E-state index >= 15 is 0 Å². The zero-order chi connectivity index (χ0) is 23.0. The SMILES string of the molecule is C=C1[C@H]([C@@]23CCO[C@@H]2N(C)c2ccccc23)c2ccccc2N1S(=O)(=O)c1ccc(C)cc1. The van der Waals surface area contributed by atoms with Gasteiger partial charge in [0, 0.05) is 24.4 Å². The van der Waals surface area contributed by atoms with Gasteiger partial charge in [0.05, 0.1) is 22.6 Å². The molecule has 0 amide bonds. The van der Waals surface area contributed by atoms with Crippen molar-refractivity contribution < 1.29 is 13.2 Å². The molecule has 6 heteroatoms. The Bertz CT molecular complexity index is 1380. The van der Waals surface area contributed by atoms with Crippen LogP contribution in [-0.4, -0.2) is 28.3 Å². The quantitative estimate of drug-likeness (QED) is 0.558. The highest BCUT2D eigenvalue weighted by Gasteiger charge is 2.62. The van der Waals surface area contributed by atoms with E-state index in [2.05, 4.69) is 36.7 Å². The van der Waals surface area contributed by atoms with E-state index in [1.165, 1.54) is 9.87 Å². The zero-order valence-corrected chi connectivity index (χ0v) is 19.5. The fourth-order valence-electron chi connectivity index (χ4n) is 6.12. The van der Waals surface area contributed by atoms with Gasteiger partial charge in [-0.1, -0.05) is 60.7 Å². The molecule has 5 nitrogen and oxygen atoms in total. The lowest BCUT2D eigenvalue weighted by atomic mass is 9.66. The first-order valence-corrected chi connectivity index (χ1v) is 12.6. The second-order valence-corrected chi connectivity index (χ2v) is 11.0. The van der Waals surface area contributed by atoms with E-state index < -0.39 is 15.4 Å². The molecule has 3 aliphatic heterocycles. The second kappa shape index (κ2) is 6.95. The lowest BCUT2D eigenvalue weighted by Crippen LogP contribution is -2.45. The lowest BCUT2D eigenvalue weighted by Gasteiger charge is -2.37. The number of aryl methyl sites for hydroxylation is 1. The summed E-state index contributed by atoms with van der Waals surface area (Å²) < 4.78 is 35.6. The highest BCUT2D eigenvalue weighted by molar-refractivity contribution is 7.93. The number of nitrogens with zero attached hydrogens (tertiary/aromatic N) is 2. The Morgan fingerprint density at radius 1 is 0.970 bits per heavy atom. The van der Waals surface area contributed by atoms with E-state index in [1.807, 2.05) is 49.4 Å². The fourth-order valence-corrected chi connectivity index (χ4v) is 7.65. The van der Waals surface area contributed by atoms with Crippen LogP contribution in [0.25, 0.3) is 0 Å². The van der Waals surface area contributed by atoms with Crippen molar-refractivity contribution in [2.24, 2.45) is 0 Å². The van der Waals surface area contributed by atoms with E-state index in [0.29, 0.717) is 18.0 Å². The predicted molar refractivity (Wildman–Crippen MR) is 130 cm³/mol. The van der Waals surface area contributed by atoms with Crippen molar-refractivity contribution >= 4 is 21.4 Å². The van der Waals surface area contributed by atoms with Crippen molar-refractivity contribution in [2.45, 2.75) is 35.8 Å². The Hall–Kier alpha value is -3.09. The number of rotatable bonds is 3. The number of anilines is 2. The van der Waals surface area contributed by atoms with Crippen molar-refractivity contribution in [3.8, 4) is 0 Å². The maximum Gasteiger partial charge on any atom is 0.268 e. The standard InChI is InChI=1S/C27H26N2O3S/c1-18-12-14-20(15-13-18)33(30,31)29-19(2)25(21-8-4-6-10-23(21)29)27-16-17-32-26(27)28(3)24-11-7-5-9-22(24)27/h4-15,25-26H,2,16-17H2,1,3H3/t25-,26-,27-/m0/s1. The number of para-hydroxylation sites is 2. The Morgan fingerprint density at radius 2 is 1.64 bits per heavy atom. The number of sulfonamides is 1. The summed E-state index contributed by atoms with van der Waals surface area (Å²) in [6.07, 6.45) is 0.627. The van der Waals surface area contributed by atoms with Gasteiger partial charge < -0.3 is 9.64 Å². The lowest BCUT2D eigenvalue weighted by molar-refractivity contribution is 0.0831. The minimum Gasteiger partial charge on any atom is -0.357 e. The third-order valence-electron chi connectivity index (χ3n) is 7.50. The van der Waals surface area contributed by atoms with Crippen LogP contribution >= 0.6 is 0 Å². The Balaban J connectivity index is 1.56. The maximum atomic E-state index is 13.9. The molecule has 0 saturated carbocycles. The number of allylic oxidation sites excluding steroid dienone is 1. The molecule has 0 unspecified atom stereocenters. The van der Waals surface area contributed by atoms with Crippen molar-refractivity contribution in [1.29, 1.82) is 0 Å². The third kappa shape index (κ3) is 2.59. The van der Waals surface area contributed by atoms with Crippen LogP contribution in [0.1, 0.15) is 29.0 Å². The average Bonchev–Trinajstić information content (AvgIpc) is 3.44. The number of benzene rings is 3. The summed E-state index contributed by atoms with van der Waals surface area (Å²) in [5.41, 5.74) is 5.19. The Labute approximate surface area is 195 Å². The van der Waals surface area contributed by atoms with Gasteiger partial charge >= 0.3 is 0 Å². The molecule has 0 bridgehead atoms. The van der Waals surface area contributed by atoms with E-state index in [4.69, 9.17) is 4.74 Å². The Kier molecular flexibility index (Phi) is 4.32. The first kappa shape index (κ1) is 20.5. The number of fused-ring (bicyclic) bond motifs is 4. The number of ether oxygens (including phenoxy) is 1. The molecule has 1 saturated heterocycles. The molecule has 168 valence electrons. The molecule has 3 aromatic rings. The first-order chi connectivity index (χ1) is 15.9. The normalized spacial score (nSPS) is 25.8. The van der Waals surface area contributed by atoms with E-state index in [-0.39, 0.29) is 17.0 Å². The van der Waals surface area contributed by atoms with Crippen molar-refractivity contribution in [3.63, 3.8) is 0 Å². The summed E-state index contributed by atoms with van der Waals surface area (Å²) in [7, 11) is -1.77. The number of hydrogen-bond acceptors (Lipinski definition) is 4. The summed E-state index contributed by atoms with van der Waals surface area (Å²) >= 11 is 0. The molecule has 0 radical (unpaired) electrons. The fraction of sp³-hybridized carbons (Fsp3) is 0.259. The maximum absolute atomic E-state index is 13.9. The van der Waals surface area contributed by atoms with Crippen LogP contribution in [-0.2, 0) is 20.2 Å². The van der Waals surface area contributed by atoms with Crippen molar-refractivity contribution in [2.75, 3.05) is 22.9 Å². The van der Waals surface area contributed by atoms with Gasteiger partial charge in [0.1, 0.15) is 6.23 Å². The third-order valence-corrected chi connectivity index (χ3v) is 9.28. The van der Waals surface area contributed by atoms with Gasteiger partial charge in [-0.2, -0.15) is 0 Å². The minimum absolute atomic E-state index is 0.174. The monoisotopic (exact) mass is 458 g/mol. The summed E-state index contributed by atoms with van der Waals surface area (Å²) in [6.45, 7) is 6.98. The first-order valence-electron chi connectivity index (χ1n) is 11.2. The summed E-state index contributed by atoms with van der Waals surface area (Å²) in [6, 6.07) is 23.2. The van der Waals surface area contributed by atoms with Gasteiger partial charge in [-0.3, -0.25) is 0 Å². The number of hydrogen-bond donors (Lipinski definition) is 0. The average molecular weight is 459 g/mol. The molecule has 3 aromatic carbocycles. The number of likely N-dealkylation sites (N-methyl/N-ethyl adjacent to an activating group) is 1. The zero-order valence-electron chi connectivity index (χ0n) is 18.7. The summed E-state index contributed by atoms with van der Waals surface area (Å²) in [5, 5.41) is 0. The van der Waals surface area contributed by atoms with E-state index in [1.54, 1.807) is 12.1 Å². The Morgan fingerprint density at radius 3 is 2.39 bits per heavy atom. The van der Waals surface area contributed by atoms with Crippen LogP contribution in [0.15, 0.2) is 90.0 Å². The van der Waals surface area contributed by atoms with Crippen LogP contribution < -0.4 is 9.21 Å². The summed E-state index contributed by atoms with van der Waals surface area (Å²) in [5.74, 6) is -0.215. The molecule has 3 aliphatic rings. The van der Waals surface area contributed by atoms with Gasteiger partial charge in [-0.15, -0.1) is 0 Å². The molecule has 0 N–H and O–H groups in total. The van der Waals surface area contributed by atoms with Gasteiger partial charge in [0.15, 0.2) is 0 Å². The van der Waals surface area contributed by atoms with E-state index in [0.717, 1.165) is 23.2 Å². The van der Waals surface area contributed by atoms with Gasteiger partial charge in [-0.25, -0.2) is 12.7 Å². The molecule has 33 heavy (non-hydrogen) atoms. The molecular weight excluding hydrogens is 432 g/mol. The molecule has 0 aliphatic carbocycles. The van der Waals surface area contributed by atoms with Gasteiger partial charge in [-0.05, 0) is 48.7 Å². The smallest absolute Gasteiger partial charge is 0.268 e. The highest BCUT2D eigenvalue weighted by Crippen LogP contribution is 2.63. The van der Waals surface area contributed by atoms with E-state index in [9.17, 15) is 8.42 Å². The van der Waals surface area contributed by atoms with Gasteiger partial charge in [0.2, 0.25) is 0 Å². The van der Waals surface area contributed by atoms with Crippen LogP contribution in [0.4, 0.5) is 11.4 Å². The minimum atomic E-state index is -3.82. The van der Waals surface area contributed by atoms with Gasteiger partial charge in [0.25, 0.3) is 10.0 Å². The van der Waals surface area contributed by atoms with Crippen LogP contribution in [0.2, 0.25) is 0 Å². The molecule has 1 fully saturated rings. The molecular formula is C27H26N2O3S.